The van der Waals surface area contributed by atoms with E-state index in [-0.39, 0.29) is 27.7 Å². The number of alkyl halides is 1. The molecular formula is C13H16BrClFNO. The van der Waals surface area contributed by atoms with E-state index in [1.165, 1.54) is 12.1 Å². The fourth-order valence-electron chi connectivity index (χ4n) is 1.56. The van der Waals surface area contributed by atoms with E-state index in [0.29, 0.717) is 6.54 Å². The molecular weight excluding hydrogens is 321 g/mol. The molecule has 0 saturated heterocycles. The Hall–Kier alpha value is -0.610. The highest BCUT2D eigenvalue weighted by Gasteiger charge is 2.12. The predicted molar refractivity (Wildman–Crippen MR) is 75.7 cm³/mol. The lowest BCUT2D eigenvalue weighted by Crippen LogP contribution is -2.31. The Balaban J connectivity index is 2.50. The van der Waals surface area contributed by atoms with Crippen molar-refractivity contribution in [1.82, 2.24) is 5.32 Å². The van der Waals surface area contributed by atoms with E-state index in [1.54, 1.807) is 6.07 Å². The molecule has 0 heterocycles. The van der Waals surface area contributed by atoms with Gasteiger partial charge in [-0.25, -0.2) is 4.39 Å². The Labute approximate surface area is 120 Å². The van der Waals surface area contributed by atoms with Crippen LogP contribution in [0.3, 0.4) is 0 Å². The molecule has 0 radical (unpaired) electrons. The van der Waals surface area contributed by atoms with Gasteiger partial charge in [-0.1, -0.05) is 46.9 Å². The van der Waals surface area contributed by atoms with Gasteiger partial charge in [0.15, 0.2) is 0 Å². The molecule has 0 aliphatic rings. The summed E-state index contributed by atoms with van der Waals surface area (Å²) >= 11 is 9.32. The summed E-state index contributed by atoms with van der Waals surface area (Å²) in [5.41, 5.74) is 0.248. The molecule has 100 valence electrons. The molecule has 0 spiro atoms. The topological polar surface area (TPSA) is 29.1 Å². The molecule has 1 N–H and O–H groups in total. The first-order valence-corrected chi connectivity index (χ1v) is 7.17. The fourth-order valence-corrected chi connectivity index (χ4v) is 2.41. The maximum Gasteiger partial charge on any atom is 0.224 e. The molecule has 1 aromatic carbocycles. The lowest BCUT2D eigenvalue weighted by molar-refractivity contribution is -0.120. The Bertz CT molecular complexity index is 394. The summed E-state index contributed by atoms with van der Waals surface area (Å²) in [4.78, 5) is 11.9. The summed E-state index contributed by atoms with van der Waals surface area (Å²) in [6.45, 7) is 2.62. The average molecular weight is 337 g/mol. The molecule has 0 bridgehead atoms. The van der Waals surface area contributed by atoms with Crippen LogP contribution >= 0.6 is 27.5 Å². The summed E-state index contributed by atoms with van der Waals surface area (Å²) in [6, 6.07) is 4.41. The molecule has 1 amide bonds. The second kappa shape index (κ2) is 7.74. The van der Waals surface area contributed by atoms with Crippen LogP contribution < -0.4 is 5.32 Å². The summed E-state index contributed by atoms with van der Waals surface area (Å²) in [5.74, 6) is -0.663. The number of benzene rings is 1. The van der Waals surface area contributed by atoms with Crippen molar-refractivity contribution in [1.29, 1.82) is 0 Å². The summed E-state index contributed by atoms with van der Waals surface area (Å²) in [5, 5.41) is 3.05. The monoisotopic (exact) mass is 335 g/mol. The fraction of sp³-hybridized carbons (Fsp3) is 0.462. The summed E-state index contributed by atoms with van der Waals surface area (Å²) in [7, 11) is 0. The average Bonchev–Trinajstić information content (AvgIpc) is 2.32. The van der Waals surface area contributed by atoms with Gasteiger partial charge in [0.25, 0.3) is 0 Å². The van der Waals surface area contributed by atoms with Gasteiger partial charge in [0.2, 0.25) is 5.91 Å². The smallest absolute Gasteiger partial charge is 0.224 e. The number of rotatable bonds is 6. The quantitative estimate of drug-likeness (QED) is 0.789. The van der Waals surface area contributed by atoms with E-state index >= 15 is 0 Å². The minimum Gasteiger partial charge on any atom is -0.355 e. The number of carbonyl (C=O) groups excluding carboxylic acids is 1. The van der Waals surface area contributed by atoms with Gasteiger partial charge in [-0.2, -0.15) is 0 Å². The molecule has 0 aliphatic carbocycles. The first-order chi connectivity index (χ1) is 8.54. The second-order valence-electron chi connectivity index (χ2n) is 4.07. The van der Waals surface area contributed by atoms with Gasteiger partial charge in [0, 0.05) is 22.0 Å². The normalized spacial score (nSPS) is 12.2. The van der Waals surface area contributed by atoms with Crippen LogP contribution in [0.1, 0.15) is 25.3 Å². The van der Waals surface area contributed by atoms with Crippen LogP contribution in [0.15, 0.2) is 18.2 Å². The largest absolute Gasteiger partial charge is 0.355 e. The summed E-state index contributed by atoms with van der Waals surface area (Å²) in [6.07, 6.45) is 2.00. The van der Waals surface area contributed by atoms with Crippen LogP contribution in [0.25, 0.3) is 0 Å². The van der Waals surface area contributed by atoms with E-state index in [0.717, 1.165) is 12.8 Å². The maximum absolute atomic E-state index is 13.5. The lowest BCUT2D eigenvalue weighted by Gasteiger charge is -2.11. The van der Waals surface area contributed by atoms with Crippen LogP contribution in [0.4, 0.5) is 4.39 Å². The Morgan fingerprint density at radius 2 is 2.28 bits per heavy atom. The molecule has 5 heteroatoms. The molecule has 0 fully saturated rings. The number of hydrogen-bond donors (Lipinski definition) is 1. The highest BCUT2D eigenvalue weighted by Crippen LogP contribution is 2.19. The molecule has 1 rings (SSSR count). The van der Waals surface area contributed by atoms with Gasteiger partial charge in [-0.15, -0.1) is 0 Å². The van der Waals surface area contributed by atoms with E-state index in [4.69, 9.17) is 11.6 Å². The van der Waals surface area contributed by atoms with Gasteiger partial charge < -0.3 is 5.32 Å². The van der Waals surface area contributed by atoms with Gasteiger partial charge >= 0.3 is 0 Å². The Morgan fingerprint density at radius 3 is 2.89 bits per heavy atom. The van der Waals surface area contributed by atoms with Crippen molar-refractivity contribution in [3.8, 4) is 0 Å². The standard InChI is InChI=1S/C13H16BrClFNO/c1-2-4-9(14)8-17-13(18)7-10-11(15)5-3-6-12(10)16/h3,5-6,9H,2,4,7-8H2,1H3,(H,17,18). The maximum atomic E-state index is 13.5. The Morgan fingerprint density at radius 1 is 1.56 bits per heavy atom. The van der Waals surface area contributed by atoms with E-state index in [9.17, 15) is 9.18 Å². The lowest BCUT2D eigenvalue weighted by atomic mass is 10.1. The van der Waals surface area contributed by atoms with Crippen LogP contribution in [0.5, 0.6) is 0 Å². The zero-order chi connectivity index (χ0) is 13.5. The van der Waals surface area contributed by atoms with Crippen molar-refractivity contribution in [2.45, 2.75) is 31.0 Å². The van der Waals surface area contributed by atoms with Crippen LogP contribution in [0, 0.1) is 5.82 Å². The van der Waals surface area contributed by atoms with Crippen molar-refractivity contribution in [2.24, 2.45) is 0 Å². The second-order valence-corrected chi connectivity index (χ2v) is 5.77. The van der Waals surface area contributed by atoms with Crippen molar-refractivity contribution in [3.63, 3.8) is 0 Å². The highest BCUT2D eigenvalue weighted by atomic mass is 79.9. The van der Waals surface area contributed by atoms with E-state index < -0.39 is 5.82 Å². The first-order valence-electron chi connectivity index (χ1n) is 5.88. The molecule has 1 aromatic rings. The molecule has 0 saturated carbocycles. The first kappa shape index (κ1) is 15.4. The number of nitrogens with one attached hydrogen (secondary N) is 1. The Kier molecular flexibility index (Phi) is 6.65. The molecule has 18 heavy (non-hydrogen) atoms. The van der Waals surface area contributed by atoms with E-state index in [2.05, 4.69) is 28.2 Å². The van der Waals surface area contributed by atoms with Crippen molar-refractivity contribution >= 4 is 33.4 Å². The minimum atomic E-state index is -0.443. The third-order valence-corrected chi connectivity index (χ3v) is 3.66. The highest BCUT2D eigenvalue weighted by molar-refractivity contribution is 9.09. The zero-order valence-electron chi connectivity index (χ0n) is 10.2. The van der Waals surface area contributed by atoms with Gasteiger partial charge in [0.1, 0.15) is 5.82 Å². The molecule has 0 aromatic heterocycles. The van der Waals surface area contributed by atoms with Crippen molar-refractivity contribution in [3.05, 3.63) is 34.6 Å². The number of hydrogen-bond acceptors (Lipinski definition) is 1. The predicted octanol–water partition coefficient (Wildman–Crippen LogP) is 3.70. The molecule has 1 unspecified atom stereocenters. The van der Waals surface area contributed by atoms with Crippen LogP contribution in [0.2, 0.25) is 5.02 Å². The number of carbonyl (C=O) groups is 1. The number of halogens is 3. The third-order valence-electron chi connectivity index (χ3n) is 2.52. The molecule has 1 atom stereocenters. The summed E-state index contributed by atoms with van der Waals surface area (Å²) < 4.78 is 13.5. The van der Waals surface area contributed by atoms with Gasteiger partial charge in [-0.3, -0.25) is 4.79 Å². The van der Waals surface area contributed by atoms with Crippen LogP contribution in [-0.4, -0.2) is 17.3 Å². The van der Waals surface area contributed by atoms with E-state index in [1.807, 2.05) is 0 Å². The molecule has 0 aliphatic heterocycles. The van der Waals surface area contributed by atoms with Gasteiger partial charge in [0.05, 0.1) is 6.42 Å². The SMILES string of the molecule is CCCC(Br)CNC(=O)Cc1c(F)cccc1Cl. The van der Waals surface area contributed by atoms with Crippen molar-refractivity contribution in [2.75, 3.05) is 6.54 Å². The molecule has 2 nitrogen and oxygen atoms in total. The van der Waals surface area contributed by atoms with Crippen LogP contribution in [-0.2, 0) is 11.2 Å². The third kappa shape index (κ3) is 4.94. The van der Waals surface area contributed by atoms with Crippen molar-refractivity contribution < 1.29 is 9.18 Å². The van der Waals surface area contributed by atoms with Gasteiger partial charge in [-0.05, 0) is 18.6 Å². The number of amides is 1. The minimum absolute atomic E-state index is 0.0304. The zero-order valence-corrected chi connectivity index (χ0v) is 12.5.